The van der Waals surface area contributed by atoms with Crippen LogP contribution in [0.4, 0.5) is 0 Å². The van der Waals surface area contributed by atoms with Crippen molar-refractivity contribution in [2.45, 2.75) is 37.5 Å². The van der Waals surface area contributed by atoms with E-state index in [0.717, 1.165) is 24.0 Å². The average molecular weight is 381 g/mol. The fraction of sp³-hybridized carbons (Fsp3) is 0.571. The van der Waals surface area contributed by atoms with Crippen LogP contribution in [0.3, 0.4) is 0 Å². The van der Waals surface area contributed by atoms with Crippen molar-refractivity contribution >= 4 is 37.6 Å². The van der Waals surface area contributed by atoms with Crippen LogP contribution in [0.5, 0.6) is 0 Å². The number of rotatable bonds is 4. The van der Waals surface area contributed by atoms with Crippen LogP contribution < -0.4 is 0 Å². The largest absolute Gasteiger partial charge is 0.244 e. The minimum atomic E-state index is -3.44. The van der Waals surface area contributed by atoms with Crippen molar-refractivity contribution in [2.24, 2.45) is 5.92 Å². The van der Waals surface area contributed by atoms with Crippen LogP contribution in [0.1, 0.15) is 30.9 Å². The monoisotopic (exact) mass is 379 g/mol. The highest BCUT2D eigenvalue weighted by molar-refractivity contribution is 9.10. The third-order valence-corrected chi connectivity index (χ3v) is 7.39. The normalized spacial score (nSPS) is 20.5. The highest BCUT2D eigenvalue weighted by Crippen LogP contribution is 2.33. The van der Waals surface area contributed by atoms with Gasteiger partial charge in [-0.1, -0.05) is 19.4 Å². The number of aryl methyl sites for hydroxylation is 1. The van der Waals surface area contributed by atoms with Crippen LogP contribution in [-0.2, 0) is 15.9 Å². The van der Waals surface area contributed by atoms with Gasteiger partial charge in [0.1, 0.15) is 0 Å². The third kappa shape index (κ3) is 3.06. The van der Waals surface area contributed by atoms with Crippen LogP contribution in [0.25, 0.3) is 0 Å². The second-order valence-electron chi connectivity index (χ2n) is 5.28. The van der Waals surface area contributed by atoms with Gasteiger partial charge in [-0.3, -0.25) is 0 Å². The maximum atomic E-state index is 12.8. The number of hydrogen-bond donors (Lipinski definition) is 0. The zero-order valence-corrected chi connectivity index (χ0v) is 14.9. The van der Waals surface area contributed by atoms with Crippen LogP contribution in [0, 0.1) is 12.8 Å². The van der Waals surface area contributed by atoms with E-state index in [-0.39, 0.29) is 0 Å². The van der Waals surface area contributed by atoms with Crippen molar-refractivity contribution in [1.29, 1.82) is 0 Å². The van der Waals surface area contributed by atoms with E-state index >= 15 is 0 Å². The summed E-state index contributed by atoms with van der Waals surface area (Å²) in [5, 5.41) is 0. The van der Waals surface area contributed by atoms with E-state index < -0.39 is 10.0 Å². The van der Waals surface area contributed by atoms with Gasteiger partial charge in [0, 0.05) is 23.4 Å². The number of nitrogens with zero attached hydrogens (tertiary/aromatic N) is 1. The van der Waals surface area contributed by atoms with Gasteiger partial charge >= 0.3 is 0 Å². The second kappa shape index (κ2) is 6.34. The summed E-state index contributed by atoms with van der Waals surface area (Å²) in [5.41, 5.74) is 1.73. The molecule has 3 nitrogen and oxygen atoms in total. The molecule has 0 radical (unpaired) electrons. The van der Waals surface area contributed by atoms with Crippen LogP contribution in [-0.4, -0.2) is 25.8 Å². The Morgan fingerprint density at radius 2 is 2.15 bits per heavy atom. The van der Waals surface area contributed by atoms with Gasteiger partial charge in [0.05, 0.1) is 4.90 Å². The topological polar surface area (TPSA) is 37.4 Å². The minimum absolute atomic E-state index is 0.314. The van der Waals surface area contributed by atoms with E-state index in [0.29, 0.717) is 34.3 Å². The van der Waals surface area contributed by atoms with E-state index in [4.69, 9.17) is 11.6 Å². The summed E-state index contributed by atoms with van der Waals surface area (Å²) < 4.78 is 27.8. The SMILES string of the molecule is CCC1CCN(S(=O)(=O)c2cc(CCl)cc(C)c2Br)C1. The molecule has 1 fully saturated rings. The Morgan fingerprint density at radius 3 is 2.70 bits per heavy atom. The molecule has 112 valence electrons. The number of hydrogen-bond acceptors (Lipinski definition) is 2. The molecule has 1 aromatic rings. The quantitative estimate of drug-likeness (QED) is 0.743. The van der Waals surface area contributed by atoms with E-state index in [1.54, 1.807) is 10.4 Å². The first-order chi connectivity index (χ1) is 9.40. The number of sulfonamides is 1. The average Bonchev–Trinajstić information content (AvgIpc) is 2.91. The summed E-state index contributed by atoms with van der Waals surface area (Å²) in [6.45, 7) is 5.22. The lowest BCUT2D eigenvalue weighted by molar-refractivity contribution is 0.452. The highest BCUT2D eigenvalue weighted by atomic mass is 79.9. The zero-order valence-electron chi connectivity index (χ0n) is 11.7. The molecule has 20 heavy (non-hydrogen) atoms. The number of benzene rings is 1. The smallest absolute Gasteiger partial charge is 0.207 e. The zero-order chi connectivity index (χ0) is 14.9. The highest BCUT2D eigenvalue weighted by Gasteiger charge is 2.33. The van der Waals surface area contributed by atoms with Crippen molar-refractivity contribution < 1.29 is 8.42 Å². The Hall–Kier alpha value is -0.100. The molecule has 0 spiro atoms. The van der Waals surface area contributed by atoms with Gasteiger partial charge in [0.2, 0.25) is 10.0 Å². The van der Waals surface area contributed by atoms with Crippen LogP contribution in [0.15, 0.2) is 21.5 Å². The standard InChI is InChI=1S/C14H19BrClNO2S/c1-3-11-4-5-17(9-11)20(18,19)13-7-12(8-16)6-10(2)14(13)15/h6-7,11H,3-5,8-9H2,1-2H3. The lowest BCUT2D eigenvalue weighted by Gasteiger charge is -2.19. The summed E-state index contributed by atoms with van der Waals surface area (Å²) in [6, 6.07) is 3.59. The predicted octanol–water partition coefficient (Wildman–Crippen LogP) is 3.92. The molecule has 0 N–H and O–H groups in total. The van der Waals surface area contributed by atoms with E-state index in [2.05, 4.69) is 22.9 Å². The fourth-order valence-electron chi connectivity index (χ4n) is 2.56. The molecule has 1 aliphatic rings. The van der Waals surface area contributed by atoms with Gasteiger partial charge in [-0.2, -0.15) is 4.31 Å². The molecule has 0 saturated carbocycles. The van der Waals surface area contributed by atoms with Crippen LogP contribution in [0.2, 0.25) is 0 Å². The van der Waals surface area contributed by atoms with Crippen molar-refractivity contribution in [3.05, 3.63) is 27.7 Å². The summed E-state index contributed by atoms with van der Waals surface area (Å²) in [5.74, 6) is 0.787. The molecule has 0 aliphatic carbocycles. The Balaban J connectivity index is 2.42. The second-order valence-corrected chi connectivity index (χ2v) is 8.25. The molecule has 1 heterocycles. The van der Waals surface area contributed by atoms with E-state index in [1.165, 1.54) is 0 Å². The summed E-state index contributed by atoms with van der Waals surface area (Å²) in [7, 11) is -3.44. The Kier molecular flexibility index (Phi) is 5.16. The minimum Gasteiger partial charge on any atom is -0.207 e. The van der Waals surface area contributed by atoms with Gasteiger partial charge in [-0.15, -0.1) is 11.6 Å². The van der Waals surface area contributed by atoms with Gasteiger partial charge < -0.3 is 0 Å². The maximum Gasteiger partial charge on any atom is 0.244 e. The molecular formula is C14H19BrClNO2S. The molecule has 1 saturated heterocycles. The molecule has 1 aromatic carbocycles. The lowest BCUT2D eigenvalue weighted by Crippen LogP contribution is -2.29. The van der Waals surface area contributed by atoms with Crippen molar-refractivity contribution in [1.82, 2.24) is 4.31 Å². The van der Waals surface area contributed by atoms with E-state index in [9.17, 15) is 8.42 Å². The lowest BCUT2D eigenvalue weighted by atomic mass is 10.1. The van der Waals surface area contributed by atoms with Gasteiger partial charge in [-0.25, -0.2) is 8.42 Å². The molecule has 2 rings (SSSR count). The van der Waals surface area contributed by atoms with Gasteiger partial charge in [-0.05, 0) is 52.4 Å². The molecule has 1 unspecified atom stereocenters. The first-order valence-corrected chi connectivity index (χ1v) is 9.52. The molecule has 1 atom stereocenters. The molecular weight excluding hydrogens is 362 g/mol. The fourth-order valence-corrected chi connectivity index (χ4v) is 5.28. The van der Waals surface area contributed by atoms with Gasteiger partial charge in [0.15, 0.2) is 0 Å². The number of alkyl halides is 1. The van der Waals surface area contributed by atoms with Crippen molar-refractivity contribution in [2.75, 3.05) is 13.1 Å². The Labute approximate surface area is 134 Å². The van der Waals surface area contributed by atoms with Crippen molar-refractivity contribution in [3.8, 4) is 0 Å². The molecule has 0 amide bonds. The van der Waals surface area contributed by atoms with Gasteiger partial charge in [0.25, 0.3) is 0 Å². The van der Waals surface area contributed by atoms with Crippen LogP contribution >= 0.6 is 27.5 Å². The Morgan fingerprint density at radius 1 is 1.45 bits per heavy atom. The molecule has 0 bridgehead atoms. The predicted molar refractivity (Wildman–Crippen MR) is 85.6 cm³/mol. The maximum absolute atomic E-state index is 12.8. The summed E-state index contributed by atoms with van der Waals surface area (Å²) in [4.78, 5) is 0.338. The van der Waals surface area contributed by atoms with E-state index in [1.807, 2.05) is 13.0 Å². The first-order valence-electron chi connectivity index (χ1n) is 6.75. The third-order valence-electron chi connectivity index (χ3n) is 3.88. The summed E-state index contributed by atoms with van der Waals surface area (Å²) >= 11 is 9.26. The summed E-state index contributed by atoms with van der Waals surface area (Å²) in [6.07, 6.45) is 1.97. The Bertz CT molecular complexity index is 603. The first kappa shape index (κ1) is 16.3. The number of halogens is 2. The van der Waals surface area contributed by atoms with Crippen molar-refractivity contribution in [3.63, 3.8) is 0 Å². The molecule has 1 aliphatic heterocycles. The molecule has 6 heteroatoms. The molecule has 0 aromatic heterocycles.